The van der Waals surface area contributed by atoms with E-state index in [1.807, 2.05) is 35.2 Å². The Morgan fingerprint density at radius 2 is 1.91 bits per heavy atom. The third-order valence-electron chi connectivity index (χ3n) is 4.69. The molecule has 3 rings (SSSR count). The van der Waals surface area contributed by atoms with E-state index in [1.165, 1.54) is 0 Å². The maximum absolute atomic E-state index is 12.8. The van der Waals surface area contributed by atoms with Crippen molar-refractivity contribution in [2.75, 3.05) is 19.7 Å². The Labute approximate surface area is 137 Å². The van der Waals surface area contributed by atoms with Crippen molar-refractivity contribution in [2.24, 2.45) is 0 Å². The fourth-order valence-corrected chi connectivity index (χ4v) is 3.20. The molecule has 5 heteroatoms. The van der Waals surface area contributed by atoms with Crippen LogP contribution in [0.2, 0.25) is 0 Å². The number of nitrogens with zero attached hydrogens (tertiary/aromatic N) is 1. The lowest BCUT2D eigenvalue weighted by Gasteiger charge is -2.34. The molecular weight excluding hydrogens is 292 g/mol. The Morgan fingerprint density at radius 1 is 1.26 bits per heavy atom. The number of carbonyl (C=O) groups excluding carboxylic acids is 2. The minimum atomic E-state index is -0.239. The second-order valence-corrected chi connectivity index (χ2v) is 6.30. The van der Waals surface area contributed by atoms with Crippen molar-refractivity contribution in [1.29, 1.82) is 0 Å². The Balaban J connectivity index is 1.53. The smallest absolute Gasteiger partial charge is 0.251 e. The summed E-state index contributed by atoms with van der Waals surface area (Å²) < 4.78 is 4.99. The Hall–Kier alpha value is -1.88. The maximum Gasteiger partial charge on any atom is 0.251 e. The predicted molar refractivity (Wildman–Crippen MR) is 87.0 cm³/mol. The van der Waals surface area contributed by atoms with E-state index in [-0.39, 0.29) is 29.9 Å². The van der Waals surface area contributed by atoms with Gasteiger partial charge in [-0.25, -0.2) is 0 Å². The van der Waals surface area contributed by atoms with Crippen molar-refractivity contribution in [3.63, 3.8) is 0 Å². The first kappa shape index (κ1) is 16.0. The number of benzene rings is 1. The lowest BCUT2D eigenvalue weighted by Crippen LogP contribution is -2.48. The minimum absolute atomic E-state index is 0.00880. The zero-order chi connectivity index (χ0) is 16.2. The number of likely N-dealkylation sites (tertiary alicyclic amines) is 1. The summed E-state index contributed by atoms with van der Waals surface area (Å²) in [6.07, 6.45) is 2.20. The molecule has 0 aromatic heterocycles. The van der Waals surface area contributed by atoms with Crippen molar-refractivity contribution < 1.29 is 14.3 Å². The average molecular weight is 316 g/mol. The molecule has 0 aliphatic carbocycles. The third-order valence-corrected chi connectivity index (χ3v) is 4.69. The molecule has 0 saturated carbocycles. The van der Waals surface area contributed by atoms with Gasteiger partial charge >= 0.3 is 0 Å². The van der Waals surface area contributed by atoms with Crippen molar-refractivity contribution in [3.8, 4) is 0 Å². The first-order chi connectivity index (χ1) is 11.2. The van der Waals surface area contributed by atoms with Gasteiger partial charge in [0.15, 0.2) is 6.10 Å². The summed E-state index contributed by atoms with van der Waals surface area (Å²) in [6, 6.07) is 10.1. The largest absolute Gasteiger partial charge is 0.363 e. The zero-order valence-electron chi connectivity index (χ0n) is 13.5. The molecule has 1 aromatic rings. The number of piperidine rings is 1. The molecule has 2 atom stereocenters. The fourth-order valence-electron chi connectivity index (χ4n) is 3.20. The predicted octanol–water partition coefficient (Wildman–Crippen LogP) is 1.69. The molecule has 0 radical (unpaired) electrons. The van der Waals surface area contributed by atoms with E-state index in [2.05, 4.69) is 12.2 Å². The van der Waals surface area contributed by atoms with Crippen molar-refractivity contribution >= 4 is 11.8 Å². The van der Waals surface area contributed by atoms with Crippen LogP contribution in [0, 0.1) is 0 Å². The van der Waals surface area contributed by atoms with E-state index < -0.39 is 0 Å². The normalized spacial score (nSPS) is 22.5. The number of carbonyl (C=O) groups is 2. The van der Waals surface area contributed by atoms with Gasteiger partial charge in [0.05, 0.1) is 12.5 Å². The molecule has 2 aliphatic heterocycles. The van der Waals surface area contributed by atoms with E-state index in [1.54, 1.807) is 0 Å². The second kappa shape index (κ2) is 7.13. The van der Waals surface area contributed by atoms with Crippen LogP contribution in [-0.4, -0.2) is 48.6 Å². The van der Waals surface area contributed by atoms with Crippen LogP contribution >= 0.6 is 0 Å². The molecule has 5 nitrogen and oxygen atoms in total. The van der Waals surface area contributed by atoms with Gasteiger partial charge in [-0.05, 0) is 24.8 Å². The Morgan fingerprint density at radius 3 is 2.48 bits per heavy atom. The van der Waals surface area contributed by atoms with Crippen LogP contribution in [0.1, 0.15) is 37.7 Å². The summed E-state index contributed by atoms with van der Waals surface area (Å²) in [4.78, 5) is 26.4. The molecule has 124 valence electrons. The summed E-state index contributed by atoms with van der Waals surface area (Å²) in [5.74, 6) is 0.127. The molecule has 0 bridgehead atoms. The quantitative estimate of drug-likeness (QED) is 0.841. The highest BCUT2D eigenvalue weighted by atomic mass is 16.6. The molecular formula is C18H24N2O3. The number of hydrogen-bond acceptors (Lipinski definition) is 3. The number of nitrogens with one attached hydrogen (secondary N) is 1. The number of amides is 2. The summed E-state index contributed by atoms with van der Waals surface area (Å²) in [5.41, 5.74) is 1.08. The summed E-state index contributed by atoms with van der Waals surface area (Å²) in [6.45, 7) is 4.01. The molecule has 23 heavy (non-hydrogen) atoms. The SMILES string of the molecule is CCC(C(=O)N1CCC(NC(=O)C2CO2)CC1)c1ccccc1. The lowest BCUT2D eigenvalue weighted by atomic mass is 9.93. The topological polar surface area (TPSA) is 61.9 Å². The van der Waals surface area contributed by atoms with Crippen LogP contribution in [0.25, 0.3) is 0 Å². The van der Waals surface area contributed by atoms with Gasteiger partial charge in [-0.15, -0.1) is 0 Å². The summed E-state index contributed by atoms with van der Waals surface area (Å²) in [7, 11) is 0. The fraction of sp³-hybridized carbons (Fsp3) is 0.556. The molecule has 0 spiro atoms. The molecule has 2 saturated heterocycles. The highest BCUT2D eigenvalue weighted by Crippen LogP contribution is 2.24. The second-order valence-electron chi connectivity index (χ2n) is 6.30. The van der Waals surface area contributed by atoms with E-state index in [4.69, 9.17) is 4.74 Å². The summed E-state index contributed by atoms with van der Waals surface area (Å²) >= 11 is 0. The molecule has 1 aromatic carbocycles. The standard InChI is InChI=1S/C18H24N2O3/c1-2-15(13-6-4-3-5-7-13)18(22)20-10-8-14(9-11-20)19-17(21)16-12-23-16/h3-7,14-16H,2,8-12H2,1H3,(H,19,21). The van der Waals surface area contributed by atoms with Gasteiger partial charge in [0, 0.05) is 19.1 Å². The first-order valence-electron chi connectivity index (χ1n) is 8.44. The zero-order valence-corrected chi connectivity index (χ0v) is 13.5. The number of epoxide rings is 1. The molecule has 2 unspecified atom stereocenters. The highest BCUT2D eigenvalue weighted by Gasteiger charge is 2.34. The van der Waals surface area contributed by atoms with Crippen LogP contribution in [-0.2, 0) is 14.3 Å². The van der Waals surface area contributed by atoms with Crippen molar-refractivity contribution in [1.82, 2.24) is 10.2 Å². The van der Waals surface area contributed by atoms with Crippen LogP contribution in [0.4, 0.5) is 0 Å². The highest BCUT2D eigenvalue weighted by molar-refractivity contribution is 5.84. The van der Waals surface area contributed by atoms with Gasteiger partial charge in [0.2, 0.25) is 5.91 Å². The van der Waals surface area contributed by atoms with E-state index in [9.17, 15) is 9.59 Å². The van der Waals surface area contributed by atoms with Crippen LogP contribution in [0.5, 0.6) is 0 Å². The number of hydrogen-bond donors (Lipinski definition) is 1. The average Bonchev–Trinajstić information content (AvgIpc) is 3.42. The van der Waals surface area contributed by atoms with Crippen LogP contribution < -0.4 is 5.32 Å². The Bertz CT molecular complexity index is 549. The third kappa shape index (κ3) is 3.91. The Kier molecular flexibility index (Phi) is 4.96. The first-order valence-corrected chi connectivity index (χ1v) is 8.44. The van der Waals surface area contributed by atoms with Crippen molar-refractivity contribution in [2.45, 2.75) is 44.2 Å². The number of ether oxygens (including phenoxy) is 1. The molecule has 2 fully saturated rings. The van der Waals surface area contributed by atoms with Crippen molar-refractivity contribution in [3.05, 3.63) is 35.9 Å². The van der Waals surface area contributed by atoms with E-state index in [0.29, 0.717) is 19.7 Å². The summed E-state index contributed by atoms with van der Waals surface area (Å²) in [5, 5.41) is 3.01. The lowest BCUT2D eigenvalue weighted by molar-refractivity contribution is -0.134. The molecule has 2 amide bonds. The molecule has 2 heterocycles. The number of rotatable bonds is 5. The maximum atomic E-state index is 12.8. The van der Waals surface area contributed by atoms with Gasteiger partial charge in [-0.1, -0.05) is 37.3 Å². The monoisotopic (exact) mass is 316 g/mol. The van der Waals surface area contributed by atoms with Crippen LogP contribution in [0.15, 0.2) is 30.3 Å². The molecule has 2 aliphatic rings. The van der Waals surface area contributed by atoms with Gasteiger partial charge in [-0.2, -0.15) is 0 Å². The van der Waals surface area contributed by atoms with Gasteiger partial charge in [0.1, 0.15) is 0 Å². The van der Waals surface area contributed by atoms with Crippen LogP contribution in [0.3, 0.4) is 0 Å². The minimum Gasteiger partial charge on any atom is -0.363 e. The molecule has 1 N–H and O–H groups in total. The van der Waals surface area contributed by atoms with Gasteiger partial charge in [-0.3, -0.25) is 9.59 Å². The van der Waals surface area contributed by atoms with Gasteiger partial charge in [0.25, 0.3) is 5.91 Å². The van der Waals surface area contributed by atoms with E-state index in [0.717, 1.165) is 24.8 Å². The van der Waals surface area contributed by atoms with E-state index >= 15 is 0 Å². The van der Waals surface area contributed by atoms with Gasteiger partial charge < -0.3 is 15.0 Å².